The van der Waals surface area contributed by atoms with Crippen molar-refractivity contribution in [2.24, 2.45) is 12.0 Å². The van der Waals surface area contributed by atoms with E-state index in [4.69, 9.17) is 4.99 Å². The van der Waals surface area contributed by atoms with Gasteiger partial charge in [-0.3, -0.25) is 9.67 Å². The lowest BCUT2D eigenvalue weighted by molar-refractivity contribution is 0.459. The number of hydrogen-bond donors (Lipinski definition) is 2. The van der Waals surface area contributed by atoms with Crippen LogP contribution < -0.4 is 10.6 Å². The Morgan fingerprint density at radius 1 is 1.15 bits per heavy atom. The van der Waals surface area contributed by atoms with Gasteiger partial charge < -0.3 is 10.6 Å². The van der Waals surface area contributed by atoms with Crippen molar-refractivity contribution in [1.29, 1.82) is 0 Å². The van der Waals surface area contributed by atoms with E-state index in [0.29, 0.717) is 6.04 Å². The minimum atomic E-state index is 0.429. The Labute approximate surface area is 158 Å². The smallest absolute Gasteiger partial charge is 0.134 e. The molecule has 0 aliphatic carbocycles. The number of pyridine rings is 1. The Kier molecular flexibility index (Phi) is 3.93. The summed E-state index contributed by atoms with van der Waals surface area (Å²) in [6.07, 6.45) is 7.09. The molecule has 5 rings (SSSR count). The molecule has 0 radical (unpaired) electrons. The third-order valence-corrected chi connectivity index (χ3v) is 5.48. The summed E-state index contributed by atoms with van der Waals surface area (Å²) in [6.45, 7) is 4.24. The van der Waals surface area contributed by atoms with Crippen LogP contribution in [0.1, 0.15) is 24.0 Å². The van der Waals surface area contributed by atoms with Gasteiger partial charge in [0.1, 0.15) is 11.7 Å². The summed E-state index contributed by atoms with van der Waals surface area (Å²) in [5, 5.41) is 12.5. The number of rotatable bonds is 2. The SMILES string of the molecule is Cc1cc(-c2cnc3c(c2)CC(=NC2CCNCC2)N3)cc2cn(C)nc12. The highest BCUT2D eigenvalue weighted by molar-refractivity contribution is 6.02. The van der Waals surface area contributed by atoms with Crippen LogP contribution in [0.15, 0.2) is 35.6 Å². The molecule has 0 bridgehead atoms. The molecule has 2 N–H and O–H groups in total. The zero-order valence-corrected chi connectivity index (χ0v) is 15.8. The van der Waals surface area contributed by atoms with Gasteiger partial charge in [0.25, 0.3) is 0 Å². The van der Waals surface area contributed by atoms with Crippen molar-refractivity contribution in [2.75, 3.05) is 18.4 Å². The summed E-state index contributed by atoms with van der Waals surface area (Å²) in [5.74, 6) is 2.01. The van der Waals surface area contributed by atoms with Gasteiger partial charge in [0, 0.05) is 42.4 Å². The van der Waals surface area contributed by atoms with Gasteiger partial charge in [-0.25, -0.2) is 4.98 Å². The van der Waals surface area contributed by atoms with Crippen LogP contribution in [0.5, 0.6) is 0 Å². The molecule has 138 valence electrons. The Morgan fingerprint density at radius 3 is 2.85 bits per heavy atom. The summed E-state index contributed by atoms with van der Waals surface area (Å²) >= 11 is 0. The maximum atomic E-state index is 4.92. The molecule has 0 atom stereocenters. The average molecular weight is 360 g/mol. The number of aliphatic imine (C=N–C) groups is 1. The fraction of sp³-hybridized carbons (Fsp3) is 0.381. The topological polar surface area (TPSA) is 67.1 Å². The Balaban J connectivity index is 1.44. The Hall–Kier alpha value is -2.73. The first-order chi connectivity index (χ1) is 13.2. The van der Waals surface area contributed by atoms with Crippen molar-refractivity contribution in [3.05, 3.63) is 41.7 Å². The predicted octanol–water partition coefficient (Wildman–Crippen LogP) is 3.06. The number of nitrogens with zero attached hydrogens (tertiary/aromatic N) is 4. The molecule has 0 spiro atoms. The molecule has 2 aromatic heterocycles. The molecule has 0 saturated carbocycles. The summed E-state index contributed by atoms with van der Waals surface area (Å²) in [5.41, 5.74) is 5.81. The number of fused-ring (bicyclic) bond motifs is 2. The molecule has 6 nitrogen and oxygen atoms in total. The molecule has 1 fully saturated rings. The summed E-state index contributed by atoms with van der Waals surface area (Å²) < 4.78 is 1.87. The lowest BCUT2D eigenvalue weighted by Crippen LogP contribution is -2.31. The molecule has 2 aliphatic heterocycles. The van der Waals surface area contributed by atoms with Gasteiger partial charge in [0.15, 0.2) is 0 Å². The number of nitrogens with one attached hydrogen (secondary N) is 2. The highest BCUT2D eigenvalue weighted by atomic mass is 15.2. The molecule has 0 unspecified atom stereocenters. The number of piperidine rings is 1. The van der Waals surface area contributed by atoms with E-state index >= 15 is 0 Å². The van der Waals surface area contributed by atoms with Gasteiger partial charge in [-0.1, -0.05) is 0 Å². The maximum absolute atomic E-state index is 4.92. The Morgan fingerprint density at radius 2 is 2.00 bits per heavy atom. The lowest BCUT2D eigenvalue weighted by Gasteiger charge is -2.19. The standard InChI is InChI=1S/C21H24N6/c1-13-7-14(8-17-12-27(2)26-20(13)17)16-9-15-10-19(25-21(15)23-11-16)24-18-3-5-22-6-4-18/h7-9,11-12,18,22H,3-6,10H2,1-2H3,(H,23,24,25). The third-order valence-electron chi connectivity index (χ3n) is 5.48. The monoisotopic (exact) mass is 360 g/mol. The van der Waals surface area contributed by atoms with Crippen LogP contribution in [0.25, 0.3) is 22.0 Å². The van der Waals surface area contributed by atoms with E-state index < -0.39 is 0 Å². The zero-order chi connectivity index (χ0) is 18.4. The summed E-state index contributed by atoms with van der Waals surface area (Å²) in [6, 6.07) is 7.08. The van der Waals surface area contributed by atoms with Gasteiger partial charge in [-0.05, 0) is 62.2 Å². The van der Waals surface area contributed by atoms with Crippen LogP contribution in [0.4, 0.5) is 5.82 Å². The zero-order valence-electron chi connectivity index (χ0n) is 15.8. The number of hydrogen-bond acceptors (Lipinski definition) is 4. The van der Waals surface area contributed by atoms with Crippen LogP contribution in [-0.4, -0.2) is 39.7 Å². The molecule has 4 heterocycles. The number of anilines is 1. The fourth-order valence-electron chi connectivity index (χ4n) is 4.11. The van der Waals surface area contributed by atoms with E-state index in [1.807, 2.05) is 17.9 Å². The van der Waals surface area contributed by atoms with E-state index in [9.17, 15) is 0 Å². The average Bonchev–Trinajstić information content (AvgIpc) is 3.24. The molecule has 1 saturated heterocycles. The quantitative estimate of drug-likeness (QED) is 0.737. The van der Waals surface area contributed by atoms with Crippen LogP contribution >= 0.6 is 0 Å². The van der Waals surface area contributed by atoms with E-state index in [2.05, 4.69) is 52.0 Å². The molecular weight excluding hydrogens is 336 g/mol. The first kappa shape index (κ1) is 16.4. The molecule has 0 amide bonds. The summed E-state index contributed by atoms with van der Waals surface area (Å²) in [4.78, 5) is 9.59. The van der Waals surface area contributed by atoms with Crippen molar-refractivity contribution in [1.82, 2.24) is 20.1 Å². The van der Waals surface area contributed by atoms with E-state index in [1.165, 1.54) is 22.1 Å². The van der Waals surface area contributed by atoms with Gasteiger partial charge in [0.2, 0.25) is 0 Å². The minimum absolute atomic E-state index is 0.429. The second kappa shape index (κ2) is 6.46. The van der Waals surface area contributed by atoms with Crippen LogP contribution in [0.3, 0.4) is 0 Å². The Bertz CT molecular complexity index is 1040. The first-order valence-corrected chi connectivity index (χ1v) is 9.63. The largest absolute Gasteiger partial charge is 0.328 e. The van der Waals surface area contributed by atoms with E-state index in [1.54, 1.807) is 0 Å². The van der Waals surface area contributed by atoms with Crippen LogP contribution in [-0.2, 0) is 13.5 Å². The second-order valence-electron chi connectivity index (χ2n) is 7.62. The first-order valence-electron chi connectivity index (χ1n) is 9.63. The molecule has 27 heavy (non-hydrogen) atoms. The molecule has 2 aliphatic rings. The van der Waals surface area contributed by atoms with E-state index in [0.717, 1.165) is 55.1 Å². The van der Waals surface area contributed by atoms with Gasteiger partial charge in [0.05, 0.1) is 11.6 Å². The molecule has 6 heteroatoms. The molecule has 3 aromatic rings. The van der Waals surface area contributed by atoms with Crippen molar-refractivity contribution >= 4 is 22.6 Å². The number of aromatic nitrogens is 3. The van der Waals surface area contributed by atoms with Crippen LogP contribution in [0.2, 0.25) is 0 Å². The van der Waals surface area contributed by atoms with Crippen molar-refractivity contribution < 1.29 is 0 Å². The highest BCUT2D eigenvalue weighted by Crippen LogP contribution is 2.30. The van der Waals surface area contributed by atoms with Crippen LogP contribution in [0, 0.1) is 6.92 Å². The third kappa shape index (κ3) is 3.10. The number of benzene rings is 1. The normalized spacial score (nSPS) is 18.8. The molecular formula is C21H24N6. The number of amidine groups is 1. The number of aryl methyl sites for hydroxylation is 2. The molecule has 1 aromatic carbocycles. The lowest BCUT2D eigenvalue weighted by atomic mass is 10.0. The minimum Gasteiger partial charge on any atom is -0.328 e. The van der Waals surface area contributed by atoms with Crippen molar-refractivity contribution in [3.63, 3.8) is 0 Å². The maximum Gasteiger partial charge on any atom is 0.134 e. The van der Waals surface area contributed by atoms with Crippen molar-refractivity contribution in [2.45, 2.75) is 32.2 Å². The van der Waals surface area contributed by atoms with Gasteiger partial charge in [-0.2, -0.15) is 5.10 Å². The second-order valence-corrected chi connectivity index (χ2v) is 7.62. The summed E-state index contributed by atoms with van der Waals surface area (Å²) in [7, 11) is 1.96. The van der Waals surface area contributed by atoms with Crippen molar-refractivity contribution in [3.8, 4) is 11.1 Å². The highest BCUT2D eigenvalue weighted by Gasteiger charge is 2.21. The fourth-order valence-corrected chi connectivity index (χ4v) is 4.11. The van der Waals surface area contributed by atoms with Gasteiger partial charge >= 0.3 is 0 Å². The van der Waals surface area contributed by atoms with Gasteiger partial charge in [-0.15, -0.1) is 0 Å². The van der Waals surface area contributed by atoms with E-state index in [-0.39, 0.29) is 0 Å². The predicted molar refractivity (Wildman–Crippen MR) is 109 cm³/mol.